The minimum atomic E-state index is -4.34. The summed E-state index contributed by atoms with van der Waals surface area (Å²) in [6.07, 6.45) is -4.34. The van der Waals surface area contributed by atoms with Crippen LogP contribution in [0.2, 0.25) is 0 Å². The third-order valence-corrected chi connectivity index (χ3v) is 2.93. The second-order valence-electron chi connectivity index (χ2n) is 4.82. The molecule has 0 radical (unpaired) electrons. The van der Waals surface area contributed by atoms with E-state index in [9.17, 15) is 13.2 Å². The van der Waals surface area contributed by atoms with Crippen molar-refractivity contribution in [2.45, 2.75) is 25.9 Å². The smallest absolute Gasteiger partial charge is 0.416 e. The van der Waals surface area contributed by atoms with Gasteiger partial charge in [-0.3, -0.25) is 0 Å². The van der Waals surface area contributed by atoms with Gasteiger partial charge in [0.2, 0.25) is 0 Å². The third kappa shape index (κ3) is 3.32. The second kappa shape index (κ2) is 5.57. The highest BCUT2D eigenvalue weighted by atomic mass is 19.4. The molecular formula is C16H15F3O. The van der Waals surface area contributed by atoms with Crippen LogP contribution in [-0.4, -0.2) is 0 Å². The maximum absolute atomic E-state index is 12.7. The van der Waals surface area contributed by atoms with Gasteiger partial charge < -0.3 is 4.74 Å². The number of benzene rings is 2. The van der Waals surface area contributed by atoms with Crippen LogP contribution < -0.4 is 4.74 Å². The van der Waals surface area contributed by atoms with Crippen LogP contribution in [0.15, 0.2) is 48.5 Å². The van der Waals surface area contributed by atoms with Crippen molar-refractivity contribution in [3.8, 4) is 11.5 Å². The normalized spacial score (nSPS) is 11.7. The van der Waals surface area contributed by atoms with E-state index in [-0.39, 0.29) is 5.92 Å². The van der Waals surface area contributed by atoms with Crippen LogP contribution >= 0.6 is 0 Å². The first-order valence-corrected chi connectivity index (χ1v) is 6.32. The van der Waals surface area contributed by atoms with Crippen molar-refractivity contribution in [1.29, 1.82) is 0 Å². The summed E-state index contributed by atoms with van der Waals surface area (Å²) in [5.74, 6) is 1.00. The zero-order chi connectivity index (χ0) is 14.8. The van der Waals surface area contributed by atoms with Gasteiger partial charge >= 0.3 is 6.18 Å². The molecule has 0 aliphatic rings. The van der Waals surface area contributed by atoms with E-state index in [4.69, 9.17) is 4.74 Å². The molecule has 2 rings (SSSR count). The number of para-hydroxylation sites is 1. The maximum atomic E-state index is 12.7. The quantitative estimate of drug-likeness (QED) is 0.709. The fraction of sp³-hybridized carbons (Fsp3) is 0.250. The van der Waals surface area contributed by atoms with Crippen molar-refractivity contribution in [3.05, 3.63) is 59.7 Å². The third-order valence-electron chi connectivity index (χ3n) is 2.93. The monoisotopic (exact) mass is 280 g/mol. The van der Waals surface area contributed by atoms with Crippen molar-refractivity contribution in [2.75, 3.05) is 0 Å². The Hall–Kier alpha value is -1.97. The Morgan fingerprint density at radius 3 is 2.15 bits per heavy atom. The number of hydrogen-bond acceptors (Lipinski definition) is 1. The zero-order valence-corrected chi connectivity index (χ0v) is 11.2. The SMILES string of the molecule is CC(C)c1cc(C(F)(F)F)ccc1Oc1ccccc1. The van der Waals surface area contributed by atoms with Gasteiger partial charge in [-0.1, -0.05) is 32.0 Å². The van der Waals surface area contributed by atoms with Crippen LogP contribution in [0.25, 0.3) is 0 Å². The van der Waals surface area contributed by atoms with E-state index in [1.54, 1.807) is 12.1 Å². The van der Waals surface area contributed by atoms with Gasteiger partial charge in [-0.25, -0.2) is 0 Å². The molecule has 2 aromatic carbocycles. The summed E-state index contributed by atoms with van der Waals surface area (Å²) in [7, 11) is 0. The van der Waals surface area contributed by atoms with E-state index in [1.807, 2.05) is 32.0 Å². The van der Waals surface area contributed by atoms with Crippen LogP contribution in [-0.2, 0) is 6.18 Å². The first-order chi connectivity index (χ1) is 9.38. The summed E-state index contributed by atoms with van der Waals surface area (Å²) < 4.78 is 43.9. The Balaban J connectivity index is 2.38. The number of rotatable bonds is 3. The Kier molecular flexibility index (Phi) is 4.02. The Morgan fingerprint density at radius 1 is 0.950 bits per heavy atom. The molecule has 0 bridgehead atoms. The Bertz CT molecular complexity index is 574. The van der Waals surface area contributed by atoms with Crippen molar-refractivity contribution >= 4 is 0 Å². The second-order valence-corrected chi connectivity index (χ2v) is 4.82. The summed E-state index contributed by atoms with van der Waals surface area (Å²) >= 11 is 0. The van der Waals surface area contributed by atoms with Gasteiger partial charge in [-0.05, 0) is 41.8 Å². The molecule has 20 heavy (non-hydrogen) atoms. The van der Waals surface area contributed by atoms with Gasteiger partial charge in [0.15, 0.2) is 0 Å². The lowest BCUT2D eigenvalue weighted by Crippen LogP contribution is -2.06. The van der Waals surface area contributed by atoms with Gasteiger partial charge in [0.25, 0.3) is 0 Å². The molecule has 0 aliphatic heterocycles. The molecule has 4 heteroatoms. The van der Waals surface area contributed by atoms with Crippen molar-refractivity contribution in [3.63, 3.8) is 0 Å². The molecule has 0 aliphatic carbocycles. The number of alkyl halides is 3. The molecular weight excluding hydrogens is 265 g/mol. The zero-order valence-electron chi connectivity index (χ0n) is 11.2. The molecule has 0 spiro atoms. The van der Waals surface area contributed by atoms with Crippen LogP contribution in [0.3, 0.4) is 0 Å². The van der Waals surface area contributed by atoms with Gasteiger partial charge in [0.1, 0.15) is 11.5 Å². The summed E-state index contributed by atoms with van der Waals surface area (Å²) in [5, 5.41) is 0. The maximum Gasteiger partial charge on any atom is 0.416 e. The standard InChI is InChI=1S/C16H15F3O/c1-11(2)14-10-12(16(17,18)19)8-9-15(14)20-13-6-4-3-5-7-13/h3-11H,1-2H3. The van der Waals surface area contributed by atoms with Crippen molar-refractivity contribution < 1.29 is 17.9 Å². The van der Waals surface area contributed by atoms with E-state index in [1.165, 1.54) is 6.07 Å². The van der Waals surface area contributed by atoms with Crippen molar-refractivity contribution in [1.82, 2.24) is 0 Å². The Labute approximate surface area is 116 Å². The molecule has 2 aromatic rings. The van der Waals surface area contributed by atoms with E-state index in [0.29, 0.717) is 17.1 Å². The molecule has 0 N–H and O–H groups in total. The predicted molar refractivity (Wildman–Crippen MR) is 72.0 cm³/mol. The van der Waals surface area contributed by atoms with Gasteiger partial charge in [-0.2, -0.15) is 13.2 Å². The molecule has 106 valence electrons. The first kappa shape index (κ1) is 14.4. The lowest BCUT2D eigenvalue weighted by molar-refractivity contribution is -0.137. The molecule has 0 unspecified atom stereocenters. The molecule has 0 aromatic heterocycles. The highest BCUT2D eigenvalue weighted by Gasteiger charge is 2.31. The molecule has 0 fully saturated rings. The summed E-state index contributed by atoms with van der Waals surface area (Å²) in [6, 6.07) is 12.6. The first-order valence-electron chi connectivity index (χ1n) is 6.32. The van der Waals surface area contributed by atoms with E-state index in [2.05, 4.69) is 0 Å². The summed E-state index contributed by atoms with van der Waals surface area (Å²) in [4.78, 5) is 0. The van der Waals surface area contributed by atoms with E-state index < -0.39 is 11.7 Å². The minimum Gasteiger partial charge on any atom is -0.457 e. The van der Waals surface area contributed by atoms with Crippen LogP contribution in [0.1, 0.15) is 30.9 Å². The van der Waals surface area contributed by atoms with Gasteiger partial charge in [0.05, 0.1) is 5.56 Å². The number of halogens is 3. The topological polar surface area (TPSA) is 9.23 Å². The van der Waals surface area contributed by atoms with Crippen LogP contribution in [0.4, 0.5) is 13.2 Å². The fourth-order valence-electron chi connectivity index (χ4n) is 1.88. The lowest BCUT2D eigenvalue weighted by atomic mass is 9.99. The molecule has 0 heterocycles. The lowest BCUT2D eigenvalue weighted by Gasteiger charge is -2.16. The van der Waals surface area contributed by atoms with Crippen LogP contribution in [0, 0.1) is 0 Å². The molecule has 0 atom stereocenters. The minimum absolute atomic E-state index is 0.0592. The molecule has 1 nitrogen and oxygen atoms in total. The van der Waals surface area contributed by atoms with E-state index in [0.717, 1.165) is 12.1 Å². The van der Waals surface area contributed by atoms with Gasteiger partial charge in [-0.15, -0.1) is 0 Å². The molecule has 0 amide bonds. The number of hydrogen-bond donors (Lipinski definition) is 0. The van der Waals surface area contributed by atoms with Gasteiger partial charge in [0, 0.05) is 0 Å². The summed E-state index contributed by atoms with van der Waals surface area (Å²) in [6.45, 7) is 3.68. The Morgan fingerprint density at radius 2 is 1.60 bits per heavy atom. The largest absolute Gasteiger partial charge is 0.457 e. The molecule has 0 saturated heterocycles. The average Bonchev–Trinajstić information content (AvgIpc) is 2.38. The average molecular weight is 280 g/mol. The van der Waals surface area contributed by atoms with Crippen molar-refractivity contribution in [2.24, 2.45) is 0 Å². The number of ether oxygens (including phenoxy) is 1. The highest BCUT2D eigenvalue weighted by Crippen LogP contribution is 2.36. The molecule has 0 saturated carbocycles. The fourth-order valence-corrected chi connectivity index (χ4v) is 1.88. The predicted octanol–water partition coefficient (Wildman–Crippen LogP) is 5.62. The summed E-state index contributed by atoms with van der Waals surface area (Å²) in [5.41, 5.74) is -0.106. The highest BCUT2D eigenvalue weighted by molar-refractivity contribution is 5.42. The van der Waals surface area contributed by atoms with Crippen LogP contribution in [0.5, 0.6) is 11.5 Å². The van der Waals surface area contributed by atoms with E-state index >= 15 is 0 Å².